The van der Waals surface area contributed by atoms with Gasteiger partial charge < -0.3 is 13.7 Å². The molecule has 0 aliphatic rings. The predicted molar refractivity (Wildman–Crippen MR) is 218 cm³/mol. The number of benzene rings is 8. The molecule has 0 spiro atoms. The summed E-state index contributed by atoms with van der Waals surface area (Å²) >= 11 is 0. The molecule has 10 aromatic rings. The molecular weight excluding hydrogens is 649 g/mol. The van der Waals surface area contributed by atoms with E-state index in [4.69, 9.17) is 13.8 Å². The number of hydrogen-bond donors (Lipinski definition) is 0. The van der Waals surface area contributed by atoms with Gasteiger partial charge in [0.1, 0.15) is 16.7 Å². The van der Waals surface area contributed by atoms with Gasteiger partial charge >= 0.3 is 0 Å². The van der Waals surface area contributed by atoms with Gasteiger partial charge in [-0.15, -0.1) is 0 Å². The van der Waals surface area contributed by atoms with E-state index in [9.17, 15) is 0 Å². The number of oxazole rings is 1. The fraction of sp³-hybridized carbons (Fsp3) is 0. The Hall–Kier alpha value is -7.17. The fourth-order valence-corrected chi connectivity index (χ4v) is 7.22. The Kier molecular flexibility index (Phi) is 7.43. The standard InChI is InChI=1S/C49H32N2O2/c1-4-11-33(12-5-1)34-19-21-35(22-20-34)38-15-10-18-42(29-38)51(40-16-8-3-9-17-40)41-26-23-36(24-27-41)39-25-28-46-43(30-39)44-31-45-48(32-47(44)52-46)53-49(50-45)37-13-6-2-7-14-37/h1-32H. The molecule has 0 atom stereocenters. The maximum Gasteiger partial charge on any atom is 0.227 e. The minimum absolute atomic E-state index is 0.604. The van der Waals surface area contributed by atoms with Gasteiger partial charge in [0.15, 0.2) is 5.58 Å². The molecule has 0 amide bonds. The van der Waals surface area contributed by atoms with Crippen LogP contribution in [0.1, 0.15) is 0 Å². The average molecular weight is 681 g/mol. The first kappa shape index (κ1) is 30.6. The van der Waals surface area contributed by atoms with Crippen LogP contribution in [0.5, 0.6) is 0 Å². The monoisotopic (exact) mass is 680 g/mol. The van der Waals surface area contributed by atoms with E-state index in [-0.39, 0.29) is 0 Å². The van der Waals surface area contributed by atoms with Crippen LogP contribution < -0.4 is 4.90 Å². The molecule has 0 bridgehead atoms. The van der Waals surface area contributed by atoms with Gasteiger partial charge in [0.05, 0.1) is 0 Å². The summed E-state index contributed by atoms with van der Waals surface area (Å²) in [6.45, 7) is 0. The summed E-state index contributed by atoms with van der Waals surface area (Å²) in [5, 5.41) is 2.07. The van der Waals surface area contributed by atoms with Crippen LogP contribution in [0, 0.1) is 0 Å². The third-order valence-electron chi connectivity index (χ3n) is 9.90. The normalized spacial score (nSPS) is 11.4. The quantitative estimate of drug-likeness (QED) is 0.168. The molecule has 8 aromatic carbocycles. The molecule has 2 aromatic heterocycles. The Morgan fingerprint density at radius 2 is 0.830 bits per heavy atom. The third-order valence-corrected chi connectivity index (χ3v) is 9.90. The minimum atomic E-state index is 0.604. The topological polar surface area (TPSA) is 42.4 Å². The van der Waals surface area contributed by atoms with E-state index in [0.717, 1.165) is 61.2 Å². The van der Waals surface area contributed by atoms with Crippen LogP contribution in [0.3, 0.4) is 0 Å². The highest BCUT2D eigenvalue weighted by atomic mass is 16.4. The van der Waals surface area contributed by atoms with Crippen LogP contribution in [0.2, 0.25) is 0 Å². The van der Waals surface area contributed by atoms with Gasteiger partial charge in [-0.3, -0.25) is 0 Å². The lowest BCUT2D eigenvalue weighted by Crippen LogP contribution is -2.09. The lowest BCUT2D eigenvalue weighted by molar-refractivity contribution is 0.617. The molecule has 250 valence electrons. The van der Waals surface area contributed by atoms with Gasteiger partial charge in [-0.1, -0.05) is 121 Å². The number of anilines is 3. The summed E-state index contributed by atoms with van der Waals surface area (Å²) in [5.41, 5.74) is 14.4. The molecule has 2 heterocycles. The van der Waals surface area contributed by atoms with Crippen LogP contribution >= 0.6 is 0 Å². The summed E-state index contributed by atoms with van der Waals surface area (Å²) in [6, 6.07) is 67.8. The van der Waals surface area contributed by atoms with Crippen LogP contribution in [-0.2, 0) is 0 Å². The number of hydrogen-bond acceptors (Lipinski definition) is 4. The van der Waals surface area contributed by atoms with E-state index in [1.165, 1.54) is 22.3 Å². The van der Waals surface area contributed by atoms with Gasteiger partial charge in [0, 0.05) is 39.5 Å². The van der Waals surface area contributed by atoms with Gasteiger partial charge in [0.25, 0.3) is 0 Å². The minimum Gasteiger partial charge on any atom is -0.456 e. The van der Waals surface area contributed by atoms with Crippen molar-refractivity contribution in [3.8, 4) is 44.8 Å². The number of nitrogens with zero attached hydrogens (tertiary/aromatic N) is 2. The van der Waals surface area contributed by atoms with E-state index in [0.29, 0.717) is 11.5 Å². The smallest absolute Gasteiger partial charge is 0.227 e. The van der Waals surface area contributed by atoms with E-state index >= 15 is 0 Å². The molecule has 0 saturated heterocycles. The second-order valence-corrected chi connectivity index (χ2v) is 13.2. The molecular formula is C49H32N2O2. The largest absolute Gasteiger partial charge is 0.456 e. The number of rotatable bonds is 7. The van der Waals surface area contributed by atoms with E-state index in [2.05, 4.69) is 163 Å². The molecule has 0 N–H and O–H groups in total. The third kappa shape index (κ3) is 5.73. The highest BCUT2D eigenvalue weighted by molar-refractivity contribution is 6.10. The molecule has 0 saturated carbocycles. The number of furan rings is 1. The van der Waals surface area contributed by atoms with Gasteiger partial charge in [-0.2, -0.15) is 0 Å². The predicted octanol–water partition coefficient (Wildman–Crippen LogP) is 13.9. The first-order valence-electron chi connectivity index (χ1n) is 17.8. The Bertz CT molecular complexity index is 2860. The first-order valence-corrected chi connectivity index (χ1v) is 17.8. The van der Waals surface area contributed by atoms with Crippen molar-refractivity contribution in [2.24, 2.45) is 0 Å². The average Bonchev–Trinajstić information content (AvgIpc) is 3.82. The molecule has 0 aliphatic heterocycles. The van der Waals surface area contributed by atoms with Crippen molar-refractivity contribution < 1.29 is 8.83 Å². The second kappa shape index (κ2) is 12.9. The van der Waals surface area contributed by atoms with Crippen LogP contribution in [-0.4, -0.2) is 4.98 Å². The zero-order chi connectivity index (χ0) is 35.1. The molecule has 0 unspecified atom stereocenters. The van der Waals surface area contributed by atoms with Crippen molar-refractivity contribution in [3.05, 3.63) is 194 Å². The summed E-state index contributed by atoms with van der Waals surface area (Å²) in [6.07, 6.45) is 0. The SMILES string of the molecule is c1ccc(-c2ccc(-c3cccc(N(c4ccccc4)c4ccc(-c5ccc6oc7cc8oc(-c9ccccc9)nc8cc7c6c5)cc4)c3)cc2)cc1. The number of aromatic nitrogens is 1. The summed E-state index contributed by atoms with van der Waals surface area (Å²) in [4.78, 5) is 7.11. The molecule has 4 heteroatoms. The van der Waals surface area contributed by atoms with Crippen molar-refractivity contribution >= 4 is 50.1 Å². The Morgan fingerprint density at radius 1 is 0.321 bits per heavy atom. The van der Waals surface area contributed by atoms with Gasteiger partial charge in [-0.25, -0.2) is 4.98 Å². The molecule has 0 aliphatic carbocycles. The highest BCUT2D eigenvalue weighted by Gasteiger charge is 2.16. The van der Waals surface area contributed by atoms with E-state index in [1.807, 2.05) is 36.4 Å². The van der Waals surface area contributed by atoms with E-state index in [1.54, 1.807) is 0 Å². The summed E-state index contributed by atoms with van der Waals surface area (Å²) in [5.74, 6) is 0.604. The lowest BCUT2D eigenvalue weighted by atomic mass is 9.99. The zero-order valence-electron chi connectivity index (χ0n) is 28.7. The van der Waals surface area contributed by atoms with Crippen molar-refractivity contribution in [3.63, 3.8) is 0 Å². The first-order chi connectivity index (χ1) is 26.2. The molecule has 0 radical (unpaired) electrons. The van der Waals surface area contributed by atoms with Crippen LogP contribution in [0.25, 0.3) is 77.9 Å². The maximum atomic E-state index is 6.29. The fourth-order valence-electron chi connectivity index (χ4n) is 7.22. The number of fused-ring (bicyclic) bond motifs is 4. The van der Waals surface area contributed by atoms with Crippen molar-refractivity contribution in [1.29, 1.82) is 0 Å². The zero-order valence-corrected chi connectivity index (χ0v) is 28.7. The number of para-hydroxylation sites is 1. The highest BCUT2D eigenvalue weighted by Crippen LogP contribution is 2.39. The van der Waals surface area contributed by atoms with Crippen molar-refractivity contribution in [2.75, 3.05) is 4.90 Å². The van der Waals surface area contributed by atoms with Crippen LogP contribution in [0.15, 0.2) is 203 Å². The lowest BCUT2D eigenvalue weighted by Gasteiger charge is -2.26. The van der Waals surface area contributed by atoms with Gasteiger partial charge in [0.2, 0.25) is 5.89 Å². The maximum absolute atomic E-state index is 6.29. The van der Waals surface area contributed by atoms with Crippen molar-refractivity contribution in [2.45, 2.75) is 0 Å². The second-order valence-electron chi connectivity index (χ2n) is 13.2. The van der Waals surface area contributed by atoms with E-state index < -0.39 is 0 Å². The summed E-state index contributed by atoms with van der Waals surface area (Å²) < 4.78 is 12.4. The van der Waals surface area contributed by atoms with Gasteiger partial charge in [-0.05, 0) is 100 Å². The Balaban J connectivity index is 0.983. The van der Waals surface area contributed by atoms with Crippen molar-refractivity contribution in [1.82, 2.24) is 4.98 Å². The Morgan fingerprint density at radius 3 is 1.55 bits per heavy atom. The summed E-state index contributed by atoms with van der Waals surface area (Å²) in [7, 11) is 0. The molecule has 10 rings (SSSR count). The van der Waals surface area contributed by atoms with Crippen LogP contribution in [0.4, 0.5) is 17.1 Å². The molecule has 4 nitrogen and oxygen atoms in total. The Labute approximate surface area is 306 Å². The molecule has 0 fully saturated rings. The molecule has 53 heavy (non-hydrogen) atoms.